The molecule has 0 bridgehead atoms. The zero-order valence-electron chi connectivity index (χ0n) is 9.60. The minimum atomic E-state index is -4.09. The molecule has 0 unspecified atom stereocenters. The summed E-state index contributed by atoms with van der Waals surface area (Å²) in [4.78, 5) is 10.9. The molecule has 0 saturated carbocycles. The van der Waals surface area contributed by atoms with Crippen LogP contribution in [0.15, 0.2) is 12.2 Å². The van der Waals surface area contributed by atoms with E-state index in [0.717, 1.165) is 0 Å². The average molecular weight is 271 g/mol. The lowest BCUT2D eigenvalue weighted by Gasteiger charge is -2.07. The van der Waals surface area contributed by atoms with E-state index in [1.165, 1.54) is 11.9 Å². The van der Waals surface area contributed by atoms with Crippen molar-refractivity contribution < 1.29 is 22.7 Å². The maximum Gasteiger partial charge on any atom is 0.389 e. The van der Waals surface area contributed by atoms with Crippen molar-refractivity contribution in [1.29, 1.82) is 0 Å². The van der Waals surface area contributed by atoms with E-state index < -0.39 is 18.6 Å². The van der Waals surface area contributed by atoms with Crippen molar-refractivity contribution in [2.24, 2.45) is 0 Å². The van der Waals surface area contributed by atoms with Crippen LogP contribution in [0.25, 0.3) is 0 Å². The molecule has 0 amide bonds. The molecule has 0 heterocycles. The third-order valence-electron chi connectivity index (χ3n) is 1.59. The second-order valence-electron chi connectivity index (χ2n) is 3.38. The topological polar surface area (TPSA) is 38.3 Å². The Morgan fingerprint density at radius 2 is 2.12 bits per heavy atom. The van der Waals surface area contributed by atoms with Gasteiger partial charge in [0.15, 0.2) is 0 Å². The Balaban J connectivity index is 3.25. The molecule has 0 aromatic rings. The van der Waals surface area contributed by atoms with Gasteiger partial charge in [-0.2, -0.15) is 13.2 Å². The van der Waals surface area contributed by atoms with Crippen molar-refractivity contribution in [2.45, 2.75) is 25.9 Å². The fraction of sp³-hybridized carbons (Fsp3) is 0.700. The molecule has 0 aromatic heterocycles. The largest absolute Gasteiger partial charge is 0.461 e. The molecule has 0 rings (SSSR count). The van der Waals surface area contributed by atoms with Crippen LogP contribution in [0.2, 0.25) is 0 Å². The highest BCUT2D eigenvalue weighted by Crippen LogP contribution is 2.21. The van der Waals surface area contributed by atoms with Crippen LogP contribution < -0.4 is 4.72 Å². The highest BCUT2D eigenvalue weighted by molar-refractivity contribution is 7.97. The van der Waals surface area contributed by atoms with Gasteiger partial charge >= 0.3 is 12.1 Å². The van der Waals surface area contributed by atoms with E-state index in [1.807, 2.05) is 0 Å². The third-order valence-corrected chi connectivity index (χ3v) is 2.50. The average Bonchev–Trinajstić information content (AvgIpc) is 2.19. The van der Waals surface area contributed by atoms with E-state index in [-0.39, 0.29) is 13.0 Å². The maximum absolute atomic E-state index is 11.8. The number of alkyl halides is 3. The van der Waals surface area contributed by atoms with Gasteiger partial charge in [-0.25, -0.2) is 4.79 Å². The van der Waals surface area contributed by atoms with Gasteiger partial charge in [0.25, 0.3) is 0 Å². The Morgan fingerprint density at radius 3 is 2.65 bits per heavy atom. The van der Waals surface area contributed by atoms with Crippen LogP contribution >= 0.6 is 11.9 Å². The van der Waals surface area contributed by atoms with Gasteiger partial charge in [0.2, 0.25) is 0 Å². The fourth-order valence-electron chi connectivity index (χ4n) is 0.798. The Bertz CT molecular complexity index is 256. The smallest absolute Gasteiger partial charge is 0.389 e. The van der Waals surface area contributed by atoms with Gasteiger partial charge in [-0.05, 0) is 13.3 Å². The highest BCUT2D eigenvalue weighted by atomic mass is 32.2. The van der Waals surface area contributed by atoms with Crippen LogP contribution in [0, 0.1) is 0 Å². The Kier molecular flexibility index (Phi) is 8.07. The van der Waals surface area contributed by atoms with Crippen molar-refractivity contribution in [2.75, 3.05) is 18.9 Å². The van der Waals surface area contributed by atoms with Gasteiger partial charge in [-0.15, -0.1) is 0 Å². The Morgan fingerprint density at radius 1 is 1.47 bits per heavy atom. The molecule has 0 spiro atoms. The number of esters is 1. The molecule has 1 N–H and O–H groups in total. The summed E-state index contributed by atoms with van der Waals surface area (Å²) in [5.41, 5.74) is 0.322. The Labute approximate surface area is 103 Å². The molecular formula is C10H16F3NO2S. The molecule has 0 fully saturated rings. The van der Waals surface area contributed by atoms with Crippen LogP contribution in [-0.2, 0) is 9.53 Å². The standard InChI is InChI=1S/C10H16F3NO2S/c1-8(2)9(15)16-6-5-14-17-7-3-4-10(11,12)13/h14H,1,3-7H2,2H3. The lowest BCUT2D eigenvalue weighted by Crippen LogP contribution is -2.17. The molecule has 0 aliphatic heterocycles. The molecule has 7 heteroatoms. The van der Waals surface area contributed by atoms with E-state index in [1.54, 1.807) is 6.92 Å². The summed E-state index contributed by atoms with van der Waals surface area (Å²) in [5, 5.41) is 0. The molecule has 0 aromatic carbocycles. The normalized spacial score (nSPS) is 11.3. The van der Waals surface area contributed by atoms with Crippen LogP contribution in [0.5, 0.6) is 0 Å². The summed E-state index contributed by atoms with van der Waals surface area (Å²) in [5.74, 6) is -0.0950. The second-order valence-corrected chi connectivity index (χ2v) is 4.36. The summed E-state index contributed by atoms with van der Waals surface area (Å²) in [6.45, 7) is 5.53. The first-order chi connectivity index (χ1) is 7.83. The quantitative estimate of drug-likeness (QED) is 0.319. The molecule has 0 aliphatic carbocycles. The fourth-order valence-corrected chi connectivity index (χ4v) is 1.46. The first kappa shape index (κ1) is 16.3. The van der Waals surface area contributed by atoms with Gasteiger partial charge < -0.3 is 4.74 Å². The summed E-state index contributed by atoms with van der Waals surface area (Å²) in [6.07, 6.45) is -4.78. The lowest BCUT2D eigenvalue weighted by molar-refractivity contribution is -0.138. The van der Waals surface area contributed by atoms with Gasteiger partial charge in [0.1, 0.15) is 6.61 Å². The molecule has 0 aliphatic rings. The predicted octanol–water partition coefficient (Wildman–Crippen LogP) is 2.69. The Hall–Kier alpha value is -0.690. The van der Waals surface area contributed by atoms with Crippen LogP contribution in [-0.4, -0.2) is 31.1 Å². The van der Waals surface area contributed by atoms with Gasteiger partial charge in [-0.1, -0.05) is 18.5 Å². The molecule has 0 radical (unpaired) electrons. The highest BCUT2D eigenvalue weighted by Gasteiger charge is 2.25. The lowest BCUT2D eigenvalue weighted by atomic mass is 10.3. The minimum Gasteiger partial charge on any atom is -0.461 e. The first-order valence-electron chi connectivity index (χ1n) is 5.07. The number of carbonyl (C=O) groups excluding carboxylic acids is 1. The van der Waals surface area contributed by atoms with Crippen molar-refractivity contribution >= 4 is 17.9 Å². The number of rotatable bonds is 8. The SMILES string of the molecule is C=C(C)C(=O)OCCNSCCCC(F)(F)F. The number of nitrogens with one attached hydrogen (secondary N) is 1. The van der Waals surface area contributed by atoms with E-state index >= 15 is 0 Å². The zero-order chi connectivity index (χ0) is 13.3. The monoisotopic (exact) mass is 271 g/mol. The number of ether oxygens (including phenoxy) is 1. The van der Waals surface area contributed by atoms with Crippen LogP contribution in [0.4, 0.5) is 13.2 Å². The minimum absolute atomic E-state index is 0.0761. The van der Waals surface area contributed by atoms with Crippen LogP contribution in [0.1, 0.15) is 19.8 Å². The summed E-state index contributed by atoms with van der Waals surface area (Å²) in [6, 6.07) is 0. The summed E-state index contributed by atoms with van der Waals surface area (Å²) in [7, 11) is 0. The molecule has 17 heavy (non-hydrogen) atoms. The molecule has 0 saturated heterocycles. The van der Waals surface area contributed by atoms with Crippen molar-refractivity contribution in [3.63, 3.8) is 0 Å². The number of hydrogen-bond donors (Lipinski definition) is 1. The van der Waals surface area contributed by atoms with Crippen molar-refractivity contribution in [3.8, 4) is 0 Å². The zero-order valence-corrected chi connectivity index (χ0v) is 10.4. The first-order valence-corrected chi connectivity index (χ1v) is 6.05. The molecule has 0 atom stereocenters. The third kappa shape index (κ3) is 11.6. The predicted molar refractivity (Wildman–Crippen MR) is 61.5 cm³/mol. The molecule has 100 valence electrons. The van der Waals surface area contributed by atoms with Gasteiger partial charge in [0.05, 0.1) is 0 Å². The second kappa shape index (κ2) is 8.41. The van der Waals surface area contributed by atoms with E-state index in [9.17, 15) is 18.0 Å². The molecule has 3 nitrogen and oxygen atoms in total. The van der Waals surface area contributed by atoms with E-state index in [4.69, 9.17) is 4.74 Å². The number of carbonyl (C=O) groups is 1. The van der Waals surface area contributed by atoms with Crippen molar-refractivity contribution in [3.05, 3.63) is 12.2 Å². The number of halogens is 3. The van der Waals surface area contributed by atoms with E-state index in [0.29, 0.717) is 17.9 Å². The van der Waals surface area contributed by atoms with Crippen molar-refractivity contribution in [1.82, 2.24) is 4.72 Å². The van der Waals surface area contributed by atoms with Gasteiger partial charge in [0, 0.05) is 24.3 Å². The number of hydrogen-bond acceptors (Lipinski definition) is 4. The maximum atomic E-state index is 11.8. The van der Waals surface area contributed by atoms with Crippen LogP contribution in [0.3, 0.4) is 0 Å². The summed E-state index contributed by atoms with van der Waals surface area (Å²) >= 11 is 1.19. The summed E-state index contributed by atoms with van der Waals surface area (Å²) < 4.78 is 42.8. The van der Waals surface area contributed by atoms with E-state index in [2.05, 4.69) is 11.3 Å². The van der Waals surface area contributed by atoms with Gasteiger partial charge in [-0.3, -0.25) is 4.72 Å². The molecular weight excluding hydrogens is 255 g/mol.